The summed E-state index contributed by atoms with van der Waals surface area (Å²) >= 11 is 3.34. The normalized spacial score (nSPS) is 12.2. The van der Waals surface area contributed by atoms with Crippen molar-refractivity contribution >= 4 is 15.9 Å². The van der Waals surface area contributed by atoms with E-state index in [1.807, 2.05) is 12.1 Å². The smallest absolute Gasteiger partial charge is 0.119 e. The fraction of sp³-hybridized carbons (Fsp3) is 0.467. The molecule has 0 saturated carbocycles. The van der Waals surface area contributed by atoms with Crippen molar-refractivity contribution in [2.75, 3.05) is 25.5 Å². The van der Waals surface area contributed by atoms with Crippen LogP contribution in [0.5, 0.6) is 5.75 Å². The van der Waals surface area contributed by atoms with Crippen LogP contribution in [0.4, 0.5) is 0 Å². The molecule has 1 atom stereocenters. The average Bonchev–Trinajstić information content (AvgIpc) is 2.38. The maximum atomic E-state index is 5.52. The van der Waals surface area contributed by atoms with E-state index < -0.39 is 0 Å². The van der Waals surface area contributed by atoms with Crippen LogP contribution in [-0.2, 0) is 6.42 Å². The van der Waals surface area contributed by atoms with Crippen LogP contribution in [0.3, 0.4) is 0 Å². The highest BCUT2D eigenvalue weighted by Gasteiger charge is 2.08. The van der Waals surface area contributed by atoms with Crippen LogP contribution in [-0.4, -0.2) is 36.5 Å². The van der Waals surface area contributed by atoms with Crippen molar-refractivity contribution in [3.05, 3.63) is 29.8 Å². The zero-order valence-electron chi connectivity index (χ0n) is 11.0. The molecule has 0 radical (unpaired) electrons. The molecule has 0 aliphatic heterocycles. The number of ether oxygens (including phenoxy) is 1. The highest BCUT2D eigenvalue weighted by atomic mass is 79.9. The van der Waals surface area contributed by atoms with Gasteiger partial charge in [0.25, 0.3) is 0 Å². The molecule has 0 aliphatic rings. The van der Waals surface area contributed by atoms with Crippen LogP contribution in [0.25, 0.3) is 0 Å². The highest BCUT2D eigenvalue weighted by molar-refractivity contribution is 9.09. The van der Waals surface area contributed by atoms with Gasteiger partial charge in [-0.1, -0.05) is 34.0 Å². The minimum atomic E-state index is 0.440. The van der Waals surface area contributed by atoms with Gasteiger partial charge in [0.15, 0.2) is 0 Å². The first-order valence-electron chi connectivity index (χ1n) is 6.08. The summed E-state index contributed by atoms with van der Waals surface area (Å²) < 4.78 is 5.52. The Balaban J connectivity index is 2.50. The Labute approximate surface area is 118 Å². The summed E-state index contributed by atoms with van der Waals surface area (Å²) in [6.07, 6.45) is 6.31. The lowest BCUT2D eigenvalue weighted by Gasteiger charge is -2.22. The number of benzene rings is 1. The number of halogens is 1. The minimum Gasteiger partial charge on any atom is -0.493 e. The van der Waals surface area contributed by atoms with Gasteiger partial charge in [0.05, 0.1) is 13.2 Å². The zero-order chi connectivity index (χ0) is 13.4. The second-order valence-corrected chi connectivity index (χ2v) is 5.15. The molecule has 0 N–H and O–H groups in total. The second-order valence-electron chi connectivity index (χ2n) is 4.35. The van der Waals surface area contributed by atoms with E-state index in [0.717, 1.165) is 17.5 Å². The molecular formula is C15H20BrNO. The van der Waals surface area contributed by atoms with Crippen LogP contribution in [0, 0.1) is 12.3 Å². The van der Waals surface area contributed by atoms with Gasteiger partial charge in [0, 0.05) is 11.4 Å². The average molecular weight is 310 g/mol. The lowest BCUT2D eigenvalue weighted by molar-refractivity contribution is 0.287. The van der Waals surface area contributed by atoms with Crippen molar-refractivity contribution in [3.8, 4) is 18.1 Å². The summed E-state index contributed by atoms with van der Waals surface area (Å²) in [5, 5.41) is 0.850. The summed E-state index contributed by atoms with van der Waals surface area (Å²) in [6, 6.07) is 8.71. The summed E-state index contributed by atoms with van der Waals surface area (Å²) in [7, 11) is 2.05. The van der Waals surface area contributed by atoms with Gasteiger partial charge in [0.1, 0.15) is 5.75 Å². The van der Waals surface area contributed by atoms with E-state index in [1.54, 1.807) is 0 Å². The summed E-state index contributed by atoms with van der Waals surface area (Å²) in [5.41, 5.74) is 1.30. The van der Waals surface area contributed by atoms with E-state index in [1.165, 1.54) is 5.56 Å². The molecule has 0 aromatic heterocycles. The first-order valence-corrected chi connectivity index (χ1v) is 7.21. The topological polar surface area (TPSA) is 12.5 Å². The third-order valence-corrected chi connectivity index (χ3v) is 3.22. The molecule has 18 heavy (non-hydrogen) atoms. The van der Waals surface area contributed by atoms with E-state index in [4.69, 9.17) is 11.2 Å². The highest BCUT2D eigenvalue weighted by Crippen LogP contribution is 2.14. The van der Waals surface area contributed by atoms with Crippen LogP contribution in [0.15, 0.2) is 24.3 Å². The third kappa shape index (κ3) is 5.12. The van der Waals surface area contributed by atoms with Crippen LogP contribution >= 0.6 is 15.9 Å². The molecule has 98 valence electrons. The Kier molecular flexibility index (Phi) is 6.85. The summed E-state index contributed by atoms with van der Waals surface area (Å²) in [5.74, 6) is 3.59. The second kappa shape index (κ2) is 8.18. The Hall–Kier alpha value is -0.980. The molecular weight excluding hydrogens is 290 g/mol. The van der Waals surface area contributed by atoms with E-state index in [9.17, 15) is 0 Å². The molecule has 0 saturated heterocycles. The standard InChI is InChI=1S/C15H20BrNO/c1-4-10-17(3)13(2)12-14-5-7-15(8-6-14)18-11-9-16/h1,5-8,13H,9-12H2,2-3H3/t13-/m1/s1. The van der Waals surface area contributed by atoms with Crippen molar-refractivity contribution in [1.82, 2.24) is 4.90 Å². The van der Waals surface area contributed by atoms with E-state index in [0.29, 0.717) is 19.2 Å². The van der Waals surface area contributed by atoms with Crippen LogP contribution < -0.4 is 4.74 Å². The van der Waals surface area contributed by atoms with Crippen molar-refractivity contribution in [3.63, 3.8) is 0 Å². The predicted molar refractivity (Wildman–Crippen MR) is 80.4 cm³/mol. The molecule has 0 unspecified atom stereocenters. The Morgan fingerprint density at radius 3 is 2.61 bits per heavy atom. The van der Waals surface area contributed by atoms with E-state index in [2.05, 4.69) is 52.9 Å². The summed E-state index contributed by atoms with van der Waals surface area (Å²) in [6.45, 7) is 3.57. The van der Waals surface area contributed by atoms with Gasteiger partial charge in [-0.3, -0.25) is 4.90 Å². The predicted octanol–water partition coefficient (Wildman–Crippen LogP) is 2.96. The minimum absolute atomic E-state index is 0.440. The van der Waals surface area contributed by atoms with Gasteiger partial charge in [-0.05, 0) is 38.1 Å². The molecule has 1 rings (SSSR count). The van der Waals surface area contributed by atoms with Crippen LogP contribution in [0.2, 0.25) is 0 Å². The van der Waals surface area contributed by atoms with Crippen LogP contribution in [0.1, 0.15) is 12.5 Å². The number of terminal acetylenes is 1. The Morgan fingerprint density at radius 1 is 1.39 bits per heavy atom. The third-order valence-electron chi connectivity index (χ3n) is 2.89. The number of hydrogen-bond donors (Lipinski definition) is 0. The largest absolute Gasteiger partial charge is 0.493 e. The van der Waals surface area contributed by atoms with Crippen molar-refractivity contribution in [1.29, 1.82) is 0 Å². The molecule has 1 aromatic rings. The van der Waals surface area contributed by atoms with Gasteiger partial charge in [-0.2, -0.15) is 0 Å². The molecule has 0 aliphatic carbocycles. The molecule has 0 bridgehead atoms. The van der Waals surface area contributed by atoms with E-state index >= 15 is 0 Å². The molecule has 0 spiro atoms. The molecule has 0 heterocycles. The Morgan fingerprint density at radius 2 is 2.06 bits per heavy atom. The number of likely N-dealkylation sites (N-methyl/N-ethyl adjacent to an activating group) is 1. The van der Waals surface area contributed by atoms with Gasteiger partial charge in [-0.25, -0.2) is 0 Å². The SMILES string of the molecule is C#CCN(C)[C@H](C)Cc1ccc(OCCBr)cc1. The maximum absolute atomic E-state index is 5.52. The quantitative estimate of drug-likeness (QED) is 0.567. The van der Waals surface area contributed by atoms with Gasteiger partial charge in [0.2, 0.25) is 0 Å². The molecule has 0 fully saturated rings. The number of hydrogen-bond acceptors (Lipinski definition) is 2. The molecule has 3 heteroatoms. The van der Waals surface area contributed by atoms with Crippen molar-refractivity contribution < 1.29 is 4.74 Å². The fourth-order valence-electron chi connectivity index (χ4n) is 1.67. The monoisotopic (exact) mass is 309 g/mol. The van der Waals surface area contributed by atoms with Gasteiger partial charge >= 0.3 is 0 Å². The van der Waals surface area contributed by atoms with E-state index in [-0.39, 0.29) is 0 Å². The molecule has 1 aromatic carbocycles. The molecule has 0 amide bonds. The van der Waals surface area contributed by atoms with Crippen molar-refractivity contribution in [2.24, 2.45) is 0 Å². The fourth-order valence-corrected chi connectivity index (χ4v) is 1.84. The number of alkyl halides is 1. The summed E-state index contributed by atoms with van der Waals surface area (Å²) in [4.78, 5) is 2.18. The lowest BCUT2D eigenvalue weighted by Crippen LogP contribution is -2.31. The zero-order valence-corrected chi connectivity index (χ0v) is 12.6. The molecule has 2 nitrogen and oxygen atoms in total. The van der Waals surface area contributed by atoms with Gasteiger partial charge < -0.3 is 4.74 Å². The van der Waals surface area contributed by atoms with Gasteiger partial charge in [-0.15, -0.1) is 6.42 Å². The lowest BCUT2D eigenvalue weighted by atomic mass is 10.1. The number of nitrogens with zero attached hydrogens (tertiary/aromatic N) is 1. The first kappa shape index (κ1) is 15.1. The maximum Gasteiger partial charge on any atom is 0.119 e. The first-order chi connectivity index (χ1) is 8.67. The van der Waals surface area contributed by atoms with Crippen molar-refractivity contribution in [2.45, 2.75) is 19.4 Å². The Bertz CT molecular complexity index is 382. The number of rotatable bonds is 7.